The van der Waals surface area contributed by atoms with Crippen LogP contribution in [0, 0.1) is 0 Å². The highest BCUT2D eigenvalue weighted by atomic mass is 16.5. The first-order chi connectivity index (χ1) is 13.8. The Labute approximate surface area is 170 Å². The zero-order valence-electron chi connectivity index (χ0n) is 17.4. The normalized spacial score (nSPS) is 17.9. The zero-order chi connectivity index (χ0) is 20.9. The molecule has 0 spiro atoms. The summed E-state index contributed by atoms with van der Waals surface area (Å²) < 4.78 is 5.59. The number of aromatic nitrogens is 1. The molecule has 1 atom stereocenters. The second-order valence-corrected chi connectivity index (χ2v) is 8.08. The first kappa shape index (κ1) is 19.2. The van der Waals surface area contributed by atoms with Crippen molar-refractivity contribution in [2.45, 2.75) is 38.8 Å². The number of carbonyl (C=O) groups is 2. The molecular weight excluding hydrogens is 368 g/mol. The van der Waals surface area contributed by atoms with Gasteiger partial charge in [-0.2, -0.15) is 0 Å². The molecule has 0 radical (unpaired) electrons. The SMILES string of the molecule is COc1nc2c(cc1C1CC(=O)Nc3cc(N(C)C)ccc31)C(=O)N(C(C)C)C2. The van der Waals surface area contributed by atoms with Crippen LogP contribution in [0.5, 0.6) is 5.88 Å². The van der Waals surface area contributed by atoms with Crippen LogP contribution in [0.4, 0.5) is 11.4 Å². The second kappa shape index (κ2) is 7.06. The minimum absolute atomic E-state index is 0.0187. The molecule has 2 aliphatic rings. The van der Waals surface area contributed by atoms with Crippen molar-refractivity contribution in [1.82, 2.24) is 9.88 Å². The molecule has 0 bridgehead atoms. The third-order valence-electron chi connectivity index (χ3n) is 5.69. The maximum absolute atomic E-state index is 12.9. The van der Waals surface area contributed by atoms with Crippen LogP contribution >= 0.6 is 0 Å². The van der Waals surface area contributed by atoms with Gasteiger partial charge in [0.05, 0.1) is 24.9 Å². The van der Waals surface area contributed by atoms with E-state index in [0.717, 1.165) is 28.2 Å². The summed E-state index contributed by atoms with van der Waals surface area (Å²) in [5.41, 5.74) is 4.90. The predicted octanol–water partition coefficient (Wildman–Crippen LogP) is 2.99. The summed E-state index contributed by atoms with van der Waals surface area (Å²) in [5, 5.41) is 2.97. The number of methoxy groups -OCH3 is 1. The predicted molar refractivity (Wildman–Crippen MR) is 112 cm³/mol. The third-order valence-corrected chi connectivity index (χ3v) is 5.69. The van der Waals surface area contributed by atoms with Crippen molar-refractivity contribution in [2.24, 2.45) is 0 Å². The van der Waals surface area contributed by atoms with Crippen LogP contribution < -0.4 is 15.0 Å². The van der Waals surface area contributed by atoms with Gasteiger partial charge in [-0.25, -0.2) is 4.98 Å². The number of amides is 2. The lowest BCUT2D eigenvalue weighted by molar-refractivity contribution is -0.116. The number of hydrogen-bond donors (Lipinski definition) is 1. The molecule has 2 aliphatic heterocycles. The molecule has 7 nitrogen and oxygen atoms in total. The van der Waals surface area contributed by atoms with Gasteiger partial charge in [-0.1, -0.05) is 6.07 Å². The van der Waals surface area contributed by atoms with Crippen LogP contribution in [-0.4, -0.2) is 48.9 Å². The highest BCUT2D eigenvalue weighted by Gasteiger charge is 2.35. The zero-order valence-corrected chi connectivity index (χ0v) is 17.4. The van der Waals surface area contributed by atoms with E-state index in [0.29, 0.717) is 18.0 Å². The van der Waals surface area contributed by atoms with Crippen LogP contribution in [0.15, 0.2) is 24.3 Å². The first-order valence-electron chi connectivity index (χ1n) is 9.80. The van der Waals surface area contributed by atoms with E-state index in [2.05, 4.69) is 10.3 Å². The van der Waals surface area contributed by atoms with Gasteiger partial charge in [0, 0.05) is 49.4 Å². The molecule has 1 unspecified atom stereocenters. The molecule has 1 aromatic carbocycles. The van der Waals surface area contributed by atoms with E-state index in [9.17, 15) is 9.59 Å². The average molecular weight is 394 g/mol. The molecule has 2 aromatic rings. The molecule has 4 rings (SSSR count). The van der Waals surface area contributed by atoms with Crippen molar-refractivity contribution in [3.05, 3.63) is 46.6 Å². The number of fused-ring (bicyclic) bond motifs is 2. The molecular formula is C22H26N4O3. The van der Waals surface area contributed by atoms with Gasteiger partial charge in [-0.15, -0.1) is 0 Å². The maximum atomic E-state index is 12.9. The van der Waals surface area contributed by atoms with Gasteiger partial charge < -0.3 is 19.9 Å². The molecule has 29 heavy (non-hydrogen) atoms. The number of rotatable bonds is 4. The summed E-state index contributed by atoms with van der Waals surface area (Å²) in [7, 11) is 5.50. The van der Waals surface area contributed by atoms with Gasteiger partial charge in [0.2, 0.25) is 11.8 Å². The number of carbonyl (C=O) groups excluding carboxylic acids is 2. The monoisotopic (exact) mass is 394 g/mol. The molecule has 1 N–H and O–H groups in total. The molecule has 2 amide bonds. The van der Waals surface area contributed by atoms with Crippen LogP contribution in [0.2, 0.25) is 0 Å². The standard InChI is InChI=1S/C22H26N4O3/c1-12(2)26-11-19-17(22(26)28)9-16(21(24-19)29-5)15-10-20(27)23-18-8-13(25(3)4)6-7-14(15)18/h6-9,12,15H,10-11H2,1-5H3,(H,23,27). The highest BCUT2D eigenvalue weighted by Crippen LogP contribution is 2.42. The number of nitrogens with zero attached hydrogens (tertiary/aromatic N) is 3. The van der Waals surface area contributed by atoms with Gasteiger partial charge in [0.25, 0.3) is 5.91 Å². The molecule has 0 saturated carbocycles. The fourth-order valence-electron chi connectivity index (χ4n) is 4.08. The van der Waals surface area contributed by atoms with E-state index in [1.165, 1.54) is 0 Å². The number of hydrogen-bond acceptors (Lipinski definition) is 5. The van der Waals surface area contributed by atoms with E-state index < -0.39 is 0 Å². The fraction of sp³-hybridized carbons (Fsp3) is 0.409. The number of pyridine rings is 1. The van der Waals surface area contributed by atoms with Crippen molar-refractivity contribution in [1.29, 1.82) is 0 Å². The number of ether oxygens (including phenoxy) is 1. The lowest BCUT2D eigenvalue weighted by atomic mass is 9.84. The highest BCUT2D eigenvalue weighted by molar-refractivity contribution is 5.99. The maximum Gasteiger partial charge on any atom is 0.256 e. The van der Waals surface area contributed by atoms with E-state index in [1.54, 1.807) is 12.0 Å². The summed E-state index contributed by atoms with van der Waals surface area (Å²) in [6.45, 7) is 4.47. The number of benzene rings is 1. The van der Waals surface area contributed by atoms with Crippen LogP contribution in [0.1, 0.15) is 53.4 Å². The Bertz CT molecular complexity index is 1000. The van der Waals surface area contributed by atoms with Crippen molar-refractivity contribution < 1.29 is 14.3 Å². The largest absolute Gasteiger partial charge is 0.481 e. The topological polar surface area (TPSA) is 74.8 Å². The van der Waals surface area contributed by atoms with Crippen molar-refractivity contribution in [3.8, 4) is 5.88 Å². The summed E-state index contributed by atoms with van der Waals surface area (Å²) in [6, 6.07) is 8.00. The molecule has 0 saturated heterocycles. The van der Waals surface area contributed by atoms with Gasteiger partial charge >= 0.3 is 0 Å². The Morgan fingerprint density at radius 2 is 1.97 bits per heavy atom. The van der Waals surface area contributed by atoms with Crippen LogP contribution in [0.3, 0.4) is 0 Å². The lowest BCUT2D eigenvalue weighted by Crippen LogP contribution is -2.30. The Morgan fingerprint density at radius 1 is 1.21 bits per heavy atom. The van der Waals surface area contributed by atoms with Crippen LogP contribution in [-0.2, 0) is 11.3 Å². The molecule has 152 valence electrons. The second-order valence-electron chi connectivity index (χ2n) is 8.08. The number of nitrogens with one attached hydrogen (secondary N) is 1. The quantitative estimate of drug-likeness (QED) is 0.863. The first-order valence-corrected chi connectivity index (χ1v) is 9.80. The third kappa shape index (κ3) is 3.20. The molecule has 7 heteroatoms. The summed E-state index contributed by atoms with van der Waals surface area (Å²) in [5.74, 6) is 0.180. The van der Waals surface area contributed by atoms with Crippen molar-refractivity contribution >= 4 is 23.2 Å². The summed E-state index contributed by atoms with van der Waals surface area (Å²) >= 11 is 0. The van der Waals surface area contributed by atoms with Gasteiger partial charge in [0.1, 0.15) is 0 Å². The minimum atomic E-state index is -0.219. The molecule has 0 aliphatic carbocycles. The van der Waals surface area contributed by atoms with Crippen molar-refractivity contribution in [3.63, 3.8) is 0 Å². The number of anilines is 2. The fourth-order valence-corrected chi connectivity index (χ4v) is 4.08. The molecule has 3 heterocycles. The molecule has 1 aromatic heterocycles. The van der Waals surface area contributed by atoms with Crippen LogP contribution in [0.25, 0.3) is 0 Å². The van der Waals surface area contributed by atoms with E-state index in [4.69, 9.17) is 4.74 Å². The van der Waals surface area contributed by atoms with Gasteiger partial charge in [-0.05, 0) is 37.6 Å². The minimum Gasteiger partial charge on any atom is -0.481 e. The average Bonchev–Trinajstić information content (AvgIpc) is 3.01. The van der Waals surface area contributed by atoms with E-state index >= 15 is 0 Å². The summed E-state index contributed by atoms with van der Waals surface area (Å²) in [4.78, 5) is 33.8. The van der Waals surface area contributed by atoms with Gasteiger partial charge in [-0.3, -0.25) is 9.59 Å². The Balaban J connectivity index is 1.82. The van der Waals surface area contributed by atoms with Crippen molar-refractivity contribution in [2.75, 3.05) is 31.4 Å². The smallest absolute Gasteiger partial charge is 0.256 e. The Morgan fingerprint density at radius 3 is 2.62 bits per heavy atom. The van der Waals surface area contributed by atoms with E-state index in [-0.39, 0.29) is 30.2 Å². The molecule has 0 fully saturated rings. The van der Waals surface area contributed by atoms with Gasteiger partial charge in [0.15, 0.2) is 0 Å². The lowest BCUT2D eigenvalue weighted by Gasteiger charge is -2.28. The Kier molecular flexibility index (Phi) is 4.68. The van der Waals surface area contributed by atoms with E-state index in [1.807, 2.05) is 57.1 Å². The Hall–Kier alpha value is -3.09. The summed E-state index contributed by atoms with van der Waals surface area (Å²) in [6.07, 6.45) is 0.285.